The van der Waals surface area contributed by atoms with Gasteiger partial charge in [-0.25, -0.2) is 0 Å². The average molecular weight is 269 g/mol. The van der Waals surface area contributed by atoms with E-state index in [1.54, 1.807) is 25.6 Å². The van der Waals surface area contributed by atoms with Crippen LogP contribution in [0.3, 0.4) is 0 Å². The van der Waals surface area contributed by atoms with Crippen molar-refractivity contribution in [2.24, 2.45) is 5.41 Å². The van der Waals surface area contributed by atoms with Crippen LogP contribution in [-0.2, 0) is 15.1 Å². The Hall–Kier alpha value is -2.06. The summed E-state index contributed by atoms with van der Waals surface area (Å²) in [7, 11) is 1.58. The molecule has 1 fully saturated rings. The minimum Gasteiger partial charge on any atom is -0.368 e. The van der Waals surface area contributed by atoms with Crippen molar-refractivity contribution in [2.45, 2.75) is 31.8 Å². The van der Waals surface area contributed by atoms with E-state index in [9.17, 15) is 10.1 Å². The number of rotatable bonds is 2. The van der Waals surface area contributed by atoms with Crippen molar-refractivity contribution in [1.29, 1.82) is 5.26 Å². The first-order valence-corrected chi connectivity index (χ1v) is 6.57. The largest absolute Gasteiger partial charge is 0.368 e. The molecule has 5 nitrogen and oxygen atoms in total. The number of ether oxygens (including phenoxy) is 1. The molecule has 1 heterocycles. The van der Waals surface area contributed by atoms with E-state index in [1.165, 1.54) is 0 Å². The summed E-state index contributed by atoms with van der Waals surface area (Å²) < 4.78 is 5.69. The van der Waals surface area contributed by atoms with Crippen molar-refractivity contribution in [3.63, 3.8) is 0 Å². The molecule has 1 spiro atoms. The number of nitrogens with zero attached hydrogens (tertiary/aromatic N) is 3. The van der Waals surface area contributed by atoms with E-state index in [1.807, 2.05) is 13.0 Å². The predicted octanol–water partition coefficient (Wildman–Crippen LogP) is 1.83. The van der Waals surface area contributed by atoms with E-state index in [4.69, 9.17) is 4.74 Å². The molecule has 0 saturated heterocycles. The fourth-order valence-electron chi connectivity index (χ4n) is 2.92. The molecule has 1 unspecified atom stereocenters. The summed E-state index contributed by atoms with van der Waals surface area (Å²) in [6.45, 7) is 1.86. The van der Waals surface area contributed by atoms with E-state index in [0.29, 0.717) is 12.1 Å². The van der Waals surface area contributed by atoms with Crippen molar-refractivity contribution in [1.82, 2.24) is 9.97 Å². The second-order valence-corrected chi connectivity index (χ2v) is 5.60. The third-order valence-electron chi connectivity index (χ3n) is 4.23. The first-order valence-electron chi connectivity index (χ1n) is 6.57. The van der Waals surface area contributed by atoms with Crippen molar-refractivity contribution < 1.29 is 9.53 Å². The minimum absolute atomic E-state index is 0.0479. The summed E-state index contributed by atoms with van der Waals surface area (Å²) in [5.74, 6) is -0.0479. The fourth-order valence-corrected chi connectivity index (χ4v) is 2.92. The predicted molar refractivity (Wildman–Crippen MR) is 70.4 cm³/mol. The molecule has 1 saturated carbocycles. The van der Waals surface area contributed by atoms with Crippen molar-refractivity contribution in [3.05, 3.63) is 35.4 Å². The van der Waals surface area contributed by atoms with Gasteiger partial charge in [-0.3, -0.25) is 14.8 Å². The molecule has 0 aromatic carbocycles. The van der Waals surface area contributed by atoms with Crippen LogP contribution < -0.4 is 0 Å². The lowest BCUT2D eigenvalue weighted by Crippen LogP contribution is -2.39. The maximum absolute atomic E-state index is 12.3. The molecular formula is C15H15N3O2. The standard InChI is InChI=1S/C15H15N3O2/c1-10-7-17-8-12(18-10)15(20-2)5-11(6-16)13(19)14(9-15)3-4-14/h5,7-8H,3-4,9H2,1-2H3. The van der Waals surface area contributed by atoms with E-state index < -0.39 is 11.0 Å². The second-order valence-electron chi connectivity index (χ2n) is 5.60. The molecule has 1 atom stereocenters. The van der Waals surface area contributed by atoms with Gasteiger partial charge in [0.25, 0.3) is 0 Å². The Kier molecular flexibility index (Phi) is 2.73. The zero-order valence-corrected chi connectivity index (χ0v) is 11.5. The van der Waals surface area contributed by atoms with Gasteiger partial charge in [0, 0.05) is 18.7 Å². The van der Waals surface area contributed by atoms with Crippen LogP contribution in [0.25, 0.3) is 0 Å². The molecule has 5 heteroatoms. The van der Waals surface area contributed by atoms with E-state index in [-0.39, 0.29) is 11.4 Å². The van der Waals surface area contributed by atoms with Gasteiger partial charge in [0.2, 0.25) is 0 Å². The van der Waals surface area contributed by atoms with Gasteiger partial charge in [-0.2, -0.15) is 5.26 Å². The Morgan fingerprint density at radius 1 is 1.40 bits per heavy atom. The Labute approximate surface area is 117 Å². The van der Waals surface area contributed by atoms with Crippen molar-refractivity contribution in [2.75, 3.05) is 7.11 Å². The van der Waals surface area contributed by atoms with Crippen molar-refractivity contribution >= 4 is 5.78 Å². The lowest BCUT2D eigenvalue weighted by atomic mass is 9.75. The van der Waals surface area contributed by atoms with Crippen LogP contribution in [0.5, 0.6) is 0 Å². The van der Waals surface area contributed by atoms with Crippen LogP contribution in [0.2, 0.25) is 0 Å². The lowest BCUT2D eigenvalue weighted by Gasteiger charge is -2.35. The molecule has 20 heavy (non-hydrogen) atoms. The van der Waals surface area contributed by atoms with Crippen LogP contribution >= 0.6 is 0 Å². The summed E-state index contributed by atoms with van der Waals surface area (Å²) in [6.07, 6.45) is 7.10. The molecule has 3 rings (SSSR count). The highest BCUT2D eigenvalue weighted by molar-refractivity contribution is 6.06. The normalized spacial score (nSPS) is 27.1. The molecule has 2 aliphatic rings. The minimum atomic E-state index is -0.825. The monoisotopic (exact) mass is 269 g/mol. The average Bonchev–Trinajstić information content (AvgIpc) is 3.22. The van der Waals surface area contributed by atoms with Crippen LogP contribution in [-0.4, -0.2) is 22.9 Å². The van der Waals surface area contributed by atoms with Gasteiger partial charge in [0.15, 0.2) is 5.78 Å². The summed E-state index contributed by atoms with van der Waals surface area (Å²) >= 11 is 0. The molecule has 1 aromatic rings. The maximum atomic E-state index is 12.3. The van der Waals surface area contributed by atoms with Gasteiger partial charge in [-0.1, -0.05) is 0 Å². The Bertz CT molecular complexity index is 655. The Morgan fingerprint density at radius 3 is 2.70 bits per heavy atom. The third-order valence-corrected chi connectivity index (χ3v) is 4.23. The summed E-state index contributed by atoms with van der Waals surface area (Å²) in [5, 5.41) is 9.22. The van der Waals surface area contributed by atoms with Crippen molar-refractivity contribution in [3.8, 4) is 6.07 Å². The van der Waals surface area contributed by atoms with Crippen LogP contribution in [0.4, 0.5) is 0 Å². The van der Waals surface area contributed by atoms with Crippen LogP contribution in [0.1, 0.15) is 30.7 Å². The number of hydrogen-bond acceptors (Lipinski definition) is 5. The molecule has 0 amide bonds. The number of hydrogen-bond donors (Lipinski definition) is 0. The van der Waals surface area contributed by atoms with Gasteiger partial charge in [0.05, 0.1) is 23.2 Å². The highest BCUT2D eigenvalue weighted by Crippen LogP contribution is 2.58. The third kappa shape index (κ3) is 1.76. The molecule has 1 aromatic heterocycles. The maximum Gasteiger partial charge on any atom is 0.179 e. The molecule has 0 bridgehead atoms. The topological polar surface area (TPSA) is 75.9 Å². The molecule has 0 radical (unpaired) electrons. The first kappa shape index (κ1) is 12.9. The molecule has 102 valence electrons. The summed E-state index contributed by atoms with van der Waals surface area (Å²) in [4.78, 5) is 20.9. The Balaban J connectivity index is 2.16. The van der Waals surface area contributed by atoms with E-state index >= 15 is 0 Å². The highest BCUT2D eigenvalue weighted by atomic mass is 16.5. The number of carbonyl (C=O) groups excluding carboxylic acids is 1. The van der Waals surface area contributed by atoms with Gasteiger partial charge in [-0.15, -0.1) is 0 Å². The lowest BCUT2D eigenvalue weighted by molar-refractivity contribution is -0.124. The van der Waals surface area contributed by atoms with Gasteiger partial charge < -0.3 is 4.74 Å². The smallest absolute Gasteiger partial charge is 0.179 e. The Morgan fingerprint density at radius 2 is 2.15 bits per heavy atom. The second kappa shape index (κ2) is 4.22. The molecule has 0 N–H and O–H groups in total. The molecular weight excluding hydrogens is 254 g/mol. The number of aryl methyl sites for hydroxylation is 1. The van der Waals surface area contributed by atoms with Gasteiger partial charge in [0.1, 0.15) is 11.7 Å². The number of methoxy groups -OCH3 is 1. The number of carbonyl (C=O) groups is 1. The fraction of sp³-hybridized carbons (Fsp3) is 0.467. The SMILES string of the molecule is COC1(c2cncc(C)n2)C=C(C#N)C(=O)C2(CC2)C1. The molecule has 2 aliphatic carbocycles. The number of allylic oxidation sites excluding steroid dienone is 1. The van der Waals surface area contributed by atoms with Crippen LogP contribution in [0, 0.1) is 23.7 Å². The zero-order valence-electron chi connectivity index (χ0n) is 11.5. The number of nitriles is 1. The number of ketones is 1. The number of Topliss-reactive ketones (excluding diaryl/α,β-unsaturated/α-hetero) is 1. The first-order chi connectivity index (χ1) is 9.55. The highest BCUT2D eigenvalue weighted by Gasteiger charge is 2.58. The summed E-state index contributed by atoms with van der Waals surface area (Å²) in [5.41, 5.74) is 0.369. The quantitative estimate of drug-likeness (QED) is 0.818. The summed E-state index contributed by atoms with van der Waals surface area (Å²) in [6, 6.07) is 2.01. The van der Waals surface area contributed by atoms with Crippen LogP contribution in [0.15, 0.2) is 24.0 Å². The van der Waals surface area contributed by atoms with Gasteiger partial charge in [-0.05, 0) is 32.3 Å². The zero-order chi connectivity index (χ0) is 14.4. The number of aromatic nitrogens is 2. The van der Waals surface area contributed by atoms with Gasteiger partial charge >= 0.3 is 0 Å². The van der Waals surface area contributed by atoms with E-state index in [2.05, 4.69) is 9.97 Å². The van der Waals surface area contributed by atoms with E-state index in [0.717, 1.165) is 18.5 Å². The molecule has 0 aliphatic heterocycles.